The molecule has 1 heterocycles. The van der Waals surface area contributed by atoms with Crippen molar-refractivity contribution in [1.82, 2.24) is 5.32 Å². The first-order valence-corrected chi connectivity index (χ1v) is 5.18. The Bertz CT molecular complexity index is 519. The summed E-state index contributed by atoms with van der Waals surface area (Å²) >= 11 is 0. The molecule has 0 fully saturated rings. The maximum absolute atomic E-state index is 5.42. The van der Waals surface area contributed by atoms with Crippen LogP contribution in [-0.4, -0.2) is 7.11 Å². The summed E-state index contributed by atoms with van der Waals surface area (Å²) in [5.41, 5.74) is 2.79. The van der Waals surface area contributed by atoms with Crippen LogP contribution in [0.4, 0.5) is 0 Å². The highest BCUT2D eigenvalue weighted by molar-refractivity contribution is 5.92. The lowest BCUT2D eigenvalue weighted by Gasteiger charge is -2.09. The normalized spacial score (nSPS) is 14.2. The molecular weight excluding hydrogens is 186 g/mol. The zero-order chi connectivity index (χ0) is 10.3. The second kappa shape index (κ2) is 3.24. The monoisotopic (exact) mass is 199 g/mol. The molecule has 0 saturated heterocycles. The largest absolute Gasteiger partial charge is 0.496 e. The standard InChI is InChI=1S/C13H13NO/c1-15-13-6-9-7-14-8-12(9)10-4-2-3-5-11(10)13/h2-6,14H,7-8H2,1H3. The summed E-state index contributed by atoms with van der Waals surface area (Å²) in [5.74, 6) is 0.980. The Kier molecular flexibility index (Phi) is 1.89. The highest BCUT2D eigenvalue weighted by atomic mass is 16.5. The third kappa shape index (κ3) is 1.22. The van der Waals surface area contributed by atoms with E-state index in [0.29, 0.717) is 0 Å². The molecule has 0 spiro atoms. The van der Waals surface area contributed by atoms with Crippen molar-refractivity contribution in [3.8, 4) is 5.75 Å². The number of nitrogens with one attached hydrogen (secondary N) is 1. The molecule has 1 N–H and O–H groups in total. The van der Waals surface area contributed by atoms with Gasteiger partial charge in [-0.05, 0) is 22.6 Å². The predicted octanol–water partition coefficient (Wildman–Crippen LogP) is 2.45. The van der Waals surface area contributed by atoms with Gasteiger partial charge in [0.25, 0.3) is 0 Å². The van der Waals surface area contributed by atoms with Gasteiger partial charge in [0.05, 0.1) is 7.11 Å². The van der Waals surface area contributed by atoms with Crippen LogP contribution >= 0.6 is 0 Å². The minimum absolute atomic E-state index is 0.955. The Morgan fingerprint density at radius 1 is 1.13 bits per heavy atom. The molecule has 76 valence electrons. The lowest BCUT2D eigenvalue weighted by Crippen LogP contribution is -2.00. The van der Waals surface area contributed by atoms with Crippen LogP contribution in [0.5, 0.6) is 5.75 Å². The van der Waals surface area contributed by atoms with Crippen LogP contribution < -0.4 is 10.1 Å². The molecule has 15 heavy (non-hydrogen) atoms. The van der Waals surface area contributed by atoms with Gasteiger partial charge in [0, 0.05) is 18.5 Å². The molecule has 0 bridgehead atoms. The zero-order valence-corrected chi connectivity index (χ0v) is 8.71. The number of ether oxygens (including phenoxy) is 1. The Morgan fingerprint density at radius 3 is 2.73 bits per heavy atom. The molecule has 0 aromatic heterocycles. The maximum Gasteiger partial charge on any atom is 0.127 e. The van der Waals surface area contributed by atoms with Gasteiger partial charge >= 0.3 is 0 Å². The van der Waals surface area contributed by atoms with Gasteiger partial charge in [0.15, 0.2) is 0 Å². The van der Waals surface area contributed by atoms with Crippen molar-refractivity contribution in [3.63, 3.8) is 0 Å². The molecule has 2 aromatic rings. The summed E-state index contributed by atoms with van der Waals surface area (Å²) in [6, 6.07) is 10.6. The van der Waals surface area contributed by atoms with Gasteiger partial charge in [-0.15, -0.1) is 0 Å². The first kappa shape index (κ1) is 8.74. The van der Waals surface area contributed by atoms with Crippen LogP contribution in [0.15, 0.2) is 30.3 Å². The fourth-order valence-corrected chi connectivity index (χ4v) is 2.31. The second-order valence-electron chi connectivity index (χ2n) is 3.87. The molecule has 3 rings (SSSR count). The van der Waals surface area contributed by atoms with E-state index < -0.39 is 0 Å². The first-order chi connectivity index (χ1) is 7.40. The van der Waals surface area contributed by atoms with E-state index in [-0.39, 0.29) is 0 Å². The number of hydrogen-bond acceptors (Lipinski definition) is 2. The number of benzene rings is 2. The maximum atomic E-state index is 5.42. The molecule has 0 amide bonds. The van der Waals surface area contributed by atoms with Crippen molar-refractivity contribution in [1.29, 1.82) is 0 Å². The second-order valence-corrected chi connectivity index (χ2v) is 3.87. The molecule has 0 radical (unpaired) electrons. The lowest BCUT2D eigenvalue weighted by atomic mass is 10.0. The topological polar surface area (TPSA) is 21.3 Å². The molecular formula is C13H13NO. The van der Waals surface area contributed by atoms with Crippen LogP contribution in [0.2, 0.25) is 0 Å². The van der Waals surface area contributed by atoms with E-state index >= 15 is 0 Å². The van der Waals surface area contributed by atoms with Crippen LogP contribution in [0.25, 0.3) is 10.8 Å². The molecule has 0 aliphatic carbocycles. The van der Waals surface area contributed by atoms with E-state index in [1.54, 1.807) is 7.11 Å². The summed E-state index contributed by atoms with van der Waals surface area (Å²) in [5, 5.41) is 5.90. The van der Waals surface area contributed by atoms with E-state index in [2.05, 4.69) is 35.6 Å². The summed E-state index contributed by atoms with van der Waals surface area (Å²) in [7, 11) is 1.73. The highest BCUT2D eigenvalue weighted by Gasteiger charge is 2.15. The third-order valence-corrected chi connectivity index (χ3v) is 3.05. The van der Waals surface area contributed by atoms with Crippen molar-refractivity contribution in [2.75, 3.05) is 7.11 Å². The SMILES string of the molecule is COc1cc2c(c3ccccc13)CNC2. The van der Waals surface area contributed by atoms with Crippen LogP contribution in [0.1, 0.15) is 11.1 Å². The summed E-state index contributed by atoms with van der Waals surface area (Å²) < 4.78 is 5.42. The third-order valence-electron chi connectivity index (χ3n) is 3.05. The van der Waals surface area contributed by atoms with Gasteiger partial charge in [-0.2, -0.15) is 0 Å². The van der Waals surface area contributed by atoms with Crippen molar-refractivity contribution >= 4 is 10.8 Å². The van der Waals surface area contributed by atoms with Crippen molar-refractivity contribution in [3.05, 3.63) is 41.5 Å². The van der Waals surface area contributed by atoms with E-state index in [9.17, 15) is 0 Å². The predicted molar refractivity (Wildman–Crippen MR) is 61.0 cm³/mol. The smallest absolute Gasteiger partial charge is 0.127 e. The molecule has 0 saturated carbocycles. The Hall–Kier alpha value is -1.54. The lowest BCUT2D eigenvalue weighted by molar-refractivity contribution is 0.419. The summed E-state index contributed by atoms with van der Waals surface area (Å²) in [6.07, 6.45) is 0. The number of rotatable bonds is 1. The minimum Gasteiger partial charge on any atom is -0.496 e. The number of hydrogen-bond donors (Lipinski definition) is 1. The van der Waals surface area contributed by atoms with Crippen molar-refractivity contribution in [2.45, 2.75) is 13.1 Å². The summed E-state index contributed by atoms with van der Waals surface area (Å²) in [4.78, 5) is 0. The van der Waals surface area contributed by atoms with Crippen molar-refractivity contribution < 1.29 is 4.74 Å². The molecule has 1 aliphatic rings. The molecule has 0 unspecified atom stereocenters. The van der Waals surface area contributed by atoms with Crippen molar-refractivity contribution in [2.24, 2.45) is 0 Å². The Morgan fingerprint density at radius 2 is 1.93 bits per heavy atom. The number of methoxy groups -OCH3 is 1. The number of fused-ring (bicyclic) bond motifs is 3. The highest BCUT2D eigenvalue weighted by Crippen LogP contribution is 2.33. The van der Waals surface area contributed by atoms with E-state index in [1.165, 1.54) is 21.9 Å². The molecule has 1 aliphatic heterocycles. The first-order valence-electron chi connectivity index (χ1n) is 5.18. The van der Waals surface area contributed by atoms with E-state index in [4.69, 9.17) is 4.74 Å². The van der Waals surface area contributed by atoms with Crippen LogP contribution in [0.3, 0.4) is 0 Å². The van der Waals surface area contributed by atoms with Crippen LogP contribution in [-0.2, 0) is 13.1 Å². The summed E-state index contributed by atoms with van der Waals surface area (Å²) in [6.45, 7) is 1.93. The molecule has 2 aromatic carbocycles. The van der Waals surface area contributed by atoms with Crippen LogP contribution in [0, 0.1) is 0 Å². The van der Waals surface area contributed by atoms with Gasteiger partial charge < -0.3 is 10.1 Å². The van der Waals surface area contributed by atoms with Gasteiger partial charge in [-0.25, -0.2) is 0 Å². The fourth-order valence-electron chi connectivity index (χ4n) is 2.31. The van der Waals surface area contributed by atoms with Gasteiger partial charge in [0.1, 0.15) is 5.75 Å². The average Bonchev–Trinajstić information content (AvgIpc) is 2.76. The Labute approximate surface area is 88.9 Å². The quantitative estimate of drug-likeness (QED) is 0.761. The van der Waals surface area contributed by atoms with E-state index in [0.717, 1.165) is 18.8 Å². The zero-order valence-electron chi connectivity index (χ0n) is 8.71. The average molecular weight is 199 g/mol. The molecule has 0 atom stereocenters. The molecule has 2 heteroatoms. The van der Waals surface area contributed by atoms with Gasteiger partial charge in [-0.3, -0.25) is 0 Å². The Balaban J connectivity index is 2.41. The minimum atomic E-state index is 0.955. The van der Waals surface area contributed by atoms with Gasteiger partial charge in [-0.1, -0.05) is 24.3 Å². The van der Waals surface area contributed by atoms with E-state index in [1.807, 2.05) is 0 Å². The molecule has 2 nitrogen and oxygen atoms in total. The van der Waals surface area contributed by atoms with Gasteiger partial charge in [0.2, 0.25) is 0 Å². The fraction of sp³-hybridized carbons (Fsp3) is 0.231.